The highest BCUT2D eigenvalue weighted by atomic mass is 16.3. The van der Waals surface area contributed by atoms with E-state index >= 15 is 0 Å². The third kappa shape index (κ3) is 10.6. The molecule has 0 radical (unpaired) electrons. The molecule has 0 aromatic carbocycles. The summed E-state index contributed by atoms with van der Waals surface area (Å²) >= 11 is 0. The molecule has 0 aromatic rings. The average molecular weight is 287 g/mol. The molecule has 0 bridgehead atoms. The molecule has 0 amide bonds. The number of nitrogens with one attached hydrogen (secondary N) is 1. The molecule has 4 heteroatoms. The van der Waals surface area contributed by atoms with E-state index in [1.165, 1.54) is 6.42 Å². The van der Waals surface area contributed by atoms with Crippen molar-refractivity contribution in [3.05, 3.63) is 0 Å². The molecule has 0 heterocycles. The van der Waals surface area contributed by atoms with Gasteiger partial charge in [-0.05, 0) is 59.9 Å². The van der Waals surface area contributed by atoms with Gasteiger partial charge in [0.25, 0.3) is 0 Å². The number of nitrogens with zero attached hydrogens (tertiary/aromatic N) is 2. The Morgan fingerprint density at radius 1 is 0.950 bits per heavy atom. The molecule has 0 rings (SSSR count). The third-order valence-electron chi connectivity index (χ3n) is 3.63. The third-order valence-corrected chi connectivity index (χ3v) is 3.63. The van der Waals surface area contributed by atoms with E-state index in [1.54, 1.807) is 0 Å². The van der Waals surface area contributed by atoms with Crippen LogP contribution in [-0.2, 0) is 0 Å². The average Bonchev–Trinajstić information content (AvgIpc) is 2.39. The lowest BCUT2D eigenvalue weighted by molar-refractivity contribution is 0.105. The molecule has 122 valence electrons. The van der Waals surface area contributed by atoms with Crippen LogP contribution in [0.3, 0.4) is 0 Å². The quantitative estimate of drug-likeness (QED) is 0.608. The minimum atomic E-state index is -0.289. The Morgan fingerprint density at radius 3 is 1.90 bits per heavy atom. The van der Waals surface area contributed by atoms with E-state index < -0.39 is 0 Å². The summed E-state index contributed by atoms with van der Waals surface area (Å²) < 4.78 is 0. The summed E-state index contributed by atoms with van der Waals surface area (Å²) in [5.41, 5.74) is 0.0702. The van der Waals surface area contributed by atoms with Gasteiger partial charge in [0.15, 0.2) is 0 Å². The van der Waals surface area contributed by atoms with Crippen molar-refractivity contribution >= 4 is 0 Å². The molecular formula is C16H37N3O. The van der Waals surface area contributed by atoms with Crippen LogP contribution in [0.2, 0.25) is 0 Å². The summed E-state index contributed by atoms with van der Waals surface area (Å²) in [6.07, 6.45) is 0.886. The highest BCUT2D eigenvalue weighted by molar-refractivity contribution is 4.74. The van der Waals surface area contributed by atoms with Gasteiger partial charge in [-0.2, -0.15) is 0 Å². The van der Waals surface area contributed by atoms with Crippen LogP contribution in [0.4, 0.5) is 0 Å². The Hall–Kier alpha value is -0.160. The predicted molar refractivity (Wildman–Crippen MR) is 88.3 cm³/mol. The van der Waals surface area contributed by atoms with E-state index in [1.807, 2.05) is 0 Å². The molecule has 0 aliphatic heterocycles. The molecule has 0 aliphatic rings. The maximum Gasteiger partial charge on any atom is 0.0791 e. The molecule has 0 spiro atoms. The topological polar surface area (TPSA) is 38.7 Å². The number of rotatable bonds is 11. The molecule has 0 aromatic heterocycles. The van der Waals surface area contributed by atoms with Gasteiger partial charge in [0, 0.05) is 18.6 Å². The Bertz CT molecular complexity index is 224. The van der Waals surface area contributed by atoms with Crippen LogP contribution >= 0.6 is 0 Å². The van der Waals surface area contributed by atoms with Gasteiger partial charge in [-0.1, -0.05) is 20.8 Å². The molecule has 0 aliphatic carbocycles. The van der Waals surface area contributed by atoms with Crippen molar-refractivity contribution in [1.82, 2.24) is 15.1 Å². The number of hydrogen-bond acceptors (Lipinski definition) is 4. The molecule has 2 N–H and O–H groups in total. The van der Waals surface area contributed by atoms with Crippen molar-refractivity contribution in [2.24, 2.45) is 0 Å². The fourth-order valence-electron chi connectivity index (χ4n) is 2.22. The van der Waals surface area contributed by atoms with Crippen molar-refractivity contribution in [3.8, 4) is 0 Å². The first-order valence-corrected chi connectivity index (χ1v) is 8.20. The van der Waals surface area contributed by atoms with Gasteiger partial charge in [0.05, 0.1) is 6.10 Å². The lowest BCUT2D eigenvalue weighted by Crippen LogP contribution is -2.45. The molecule has 20 heavy (non-hydrogen) atoms. The number of likely N-dealkylation sites (N-methyl/N-ethyl adjacent to an activating group) is 1. The minimum absolute atomic E-state index is 0.0702. The van der Waals surface area contributed by atoms with Crippen molar-refractivity contribution in [2.45, 2.75) is 59.6 Å². The first kappa shape index (κ1) is 19.8. The molecule has 1 unspecified atom stereocenters. The van der Waals surface area contributed by atoms with E-state index in [-0.39, 0.29) is 11.6 Å². The van der Waals surface area contributed by atoms with Crippen molar-refractivity contribution in [2.75, 3.05) is 45.8 Å². The Balaban J connectivity index is 3.90. The molecule has 4 nitrogen and oxygen atoms in total. The van der Waals surface area contributed by atoms with Crippen molar-refractivity contribution < 1.29 is 5.11 Å². The van der Waals surface area contributed by atoms with Crippen molar-refractivity contribution in [1.29, 1.82) is 0 Å². The lowest BCUT2D eigenvalue weighted by atomic mass is 10.1. The number of aliphatic hydroxyl groups excluding tert-OH is 1. The minimum Gasteiger partial charge on any atom is -0.390 e. The molecule has 0 fully saturated rings. The monoisotopic (exact) mass is 287 g/mol. The zero-order chi connectivity index (χ0) is 15.6. The second-order valence-corrected chi connectivity index (χ2v) is 6.56. The van der Waals surface area contributed by atoms with Crippen LogP contribution < -0.4 is 5.32 Å². The predicted octanol–water partition coefficient (Wildman–Crippen LogP) is 1.79. The van der Waals surface area contributed by atoms with E-state index in [9.17, 15) is 5.11 Å². The summed E-state index contributed by atoms with van der Waals surface area (Å²) in [5.74, 6) is 0. The number of hydrogen-bond donors (Lipinski definition) is 2. The van der Waals surface area contributed by atoms with Gasteiger partial charge < -0.3 is 20.2 Å². The summed E-state index contributed by atoms with van der Waals surface area (Å²) in [4.78, 5) is 4.80. The summed E-state index contributed by atoms with van der Waals surface area (Å²) in [6, 6.07) is 0. The molecular weight excluding hydrogens is 250 g/mol. The first-order valence-electron chi connectivity index (χ1n) is 8.20. The zero-order valence-corrected chi connectivity index (χ0v) is 14.6. The maximum atomic E-state index is 10.1. The van der Waals surface area contributed by atoms with Gasteiger partial charge in [0.1, 0.15) is 0 Å². The fourth-order valence-corrected chi connectivity index (χ4v) is 2.22. The van der Waals surface area contributed by atoms with Gasteiger partial charge in [-0.3, -0.25) is 0 Å². The Kier molecular flexibility index (Phi) is 10.5. The maximum absolute atomic E-state index is 10.1. The van der Waals surface area contributed by atoms with Crippen LogP contribution in [0.1, 0.15) is 48.0 Å². The second-order valence-electron chi connectivity index (χ2n) is 6.56. The van der Waals surface area contributed by atoms with E-state index in [0.717, 1.165) is 39.3 Å². The van der Waals surface area contributed by atoms with Gasteiger partial charge in [0.2, 0.25) is 0 Å². The molecule has 0 saturated carbocycles. The lowest BCUT2D eigenvalue weighted by Gasteiger charge is -2.27. The largest absolute Gasteiger partial charge is 0.390 e. The van der Waals surface area contributed by atoms with Crippen LogP contribution in [0.15, 0.2) is 0 Å². The fraction of sp³-hybridized carbons (Fsp3) is 1.00. The van der Waals surface area contributed by atoms with Crippen LogP contribution in [0, 0.1) is 0 Å². The van der Waals surface area contributed by atoms with Crippen LogP contribution in [-0.4, -0.2) is 72.4 Å². The zero-order valence-electron chi connectivity index (χ0n) is 14.6. The van der Waals surface area contributed by atoms with Crippen molar-refractivity contribution in [3.63, 3.8) is 0 Å². The molecule has 1 atom stereocenters. The van der Waals surface area contributed by atoms with Gasteiger partial charge in [-0.25, -0.2) is 0 Å². The van der Waals surface area contributed by atoms with Gasteiger partial charge in [-0.15, -0.1) is 0 Å². The van der Waals surface area contributed by atoms with E-state index in [4.69, 9.17) is 0 Å². The number of β-amino-alcohol motifs (C(OH)–C–C–N with tert-alkyl or cyclic N) is 1. The van der Waals surface area contributed by atoms with E-state index in [0.29, 0.717) is 6.54 Å². The number of aliphatic hydroxyl groups is 1. The second kappa shape index (κ2) is 10.6. The first-order chi connectivity index (χ1) is 9.32. The normalized spacial score (nSPS) is 14.2. The smallest absolute Gasteiger partial charge is 0.0791 e. The summed E-state index contributed by atoms with van der Waals surface area (Å²) in [6.45, 7) is 19.9. The van der Waals surface area contributed by atoms with E-state index in [2.05, 4.69) is 56.7 Å². The Labute approximate surface area is 126 Å². The Morgan fingerprint density at radius 2 is 1.45 bits per heavy atom. The summed E-state index contributed by atoms with van der Waals surface area (Å²) in [5, 5.41) is 13.5. The summed E-state index contributed by atoms with van der Waals surface area (Å²) in [7, 11) is 0. The van der Waals surface area contributed by atoms with Gasteiger partial charge >= 0.3 is 0 Å². The van der Waals surface area contributed by atoms with Crippen LogP contribution in [0.5, 0.6) is 0 Å². The highest BCUT2D eigenvalue weighted by Gasteiger charge is 2.14. The molecule has 0 saturated heterocycles. The standard InChI is InChI=1S/C16H37N3O/c1-7-18(8-2)11-10-12-19(9-3)14-15(20)13-17-16(4,5)6/h15,17,20H,7-14H2,1-6H3. The SMILES string of the molecule is CCN(CC)CCCN(CC)CC(O)CNC(C)(C)C. The highest BCUT2D eigenvalue weighted by Crippen LogP contribution is 2.01. The van der Waals surface area contributed by atoms with Crippen LogP contribution in [0.25, 0.3) is 0 Å².